The van der Waals surface area contributed by atoms with Gasteiger partial charge in [0.05, 0.1) is 5.56 Å². The molecule has 1 heterocycles. The van der Waals surface area contributed by atoms with E-state index >= 15 is 0 Å². The largest absolute Gasteiger partial charge is 0.399 e. The number of hydrogen-bond acceptors (Lipinski definition) is 5. The number of ether oxygens (including phenoxy) is 1. The van der Waals surface area contributed by atoms with E-state index in [1.807, 2.05) is 6.92 Å². The Bertz CT molecular complexity index is 542. The van der Waals surface area contributed by atoms with Crippen LogP contribution in [-0.2, 0) is 4.74 Å². The molecule has 1 atom stereocenters. The van der Waals surface area contributed by atoms with Crippen molar-refractivity contribution in [1.29, 1.82) is 0 Å². The van der Waals surface area contributed by atoms with Crippen LogP contribution >= 0.6 is 0 Å². The monoisotopic (exact) mass is 251 g/mol. The Balaban J connectivity index is 2.29. The Labute approximate surface area is 104 Å². The van der Waals surface area contributed by atoms with Gasteiger partial charge in [-0.15, -0.1) is 0 Å². The van der Waals surface area contributed by atoms with E-state index in [9.17, 15) is 4.39 Å². The highest BCUT2D eigenvalue weighted by Crippen LogP contribution is 2.24. The smallest absolute Gasteiger partial charge is 0.260 e. The third-order valence-corrected chi connectivity index (χ3v) is 2.45. The molecule has 0 saturated carbocycles. The van der Waals surface area contributed by atoms with E-state index in [-0.39, 0.29) is 17.6 Å². The molecular formula is C12H14FN3O2. The predicted octanol–water partition coefficient (Wildman–Crippen LogP) is 2.56. The zero-order valence-electron chi connectivity index (χ0n) is 10.2. The van der Waals surface area contributed by atoms with Crippen LogP contribution in [0.5, 0.6) is 0 Å². The van der Waals surface area contributed by atoms with Gasteiger partial charge in [-0.2, -0.15) is 4.98 Å². The second-order valence-electron chi connectivity index (χ2n) is 3.79. The second-order valence-corrected chi connectivity index (χ2v) is 3.79. The summed E-state index contributed by atoms with van der Waals surface area (Å²) in [6.07, 6.45) is -0.288. The van der Waals surface area contributed by atoms with Crippen LogP contribution in [0.2, 0.25) is 0 Å². The molecule has 96 valence electrons. The van der Waals surface area contributed by atoms with Gasteiger partial charge < -0.3 is 15.0 Å². The van der Waals surface area contributed by atoms with Crippen LogP contribution in [0.15, 0.2) is 22.7 Å². The fourth-order valence-corrected chi connectivity index (χ4v) is 1.54. The molecule has 0 fully saturated rings. The molecule has 0 saturated heterocycles. The number of rotatable bonds is 4. The van der Waals surface area contributed by atoms with Gasteiger partial charge in [0.15, 0.2) is 0 Å². The summed E-state index contributed by atoms with van der Waals surface area (Å²) in [5.74, 6) is 0.0198. The first-order valence-electron chi connectivity index (χ1n) is 5.62. The summed E-state index contributed by atoms with van der Waals surface area (Å²) >= 11 is 0. The van der Waals surface area contributed by atoms with Crippen LogP contribution in [-0.4, -0.2) is 16.7 Å². The maximum Gasteiger partial charge on any atom is 0.260 e. The lowest BCUT2D eigenvalue weighted by Crippen LogP contribution is -2.01. The minimum absolute atomic E-state index is 0.119. The molecule has 6 heteroatoms. The quantitative estimate of drug-likeness (QED) is 0.845. The van der Waals surface area contributed by atoms with Crippen LogP contribution in [0.1, 0.15) is 25.8 Å². The molecule has 18 heavy (non-hydrogen) atoms. The number of nitrogen functional groups attached to an aromatic ring is 1. The van der Waals surface area contributed by atoms with Crippen molar-refractivity contribution in [3.63, 3.8) is 0 Å². The molecule has 2 N–H and O–H groups in total. The van der Waals surface area contributed by atoms with Crippen molar-refractivity contribution in [2.24, 2.45) is 0 Å². The van der Waals surface area contributed by atoms with E-state index in [0.29, 0.717) is 18.1 Å². The van der Waals surface area contributed by atoms with Crippen molar-refractivity contribution in [2.45, 2.75) is 20.0 Å². The second kappa shape index (κ2) is 5.14. The van der Waals surface area contributed by atoms with Crippen molar-refractivity contribution in [2.75, 3.05) is 12.3 Å². The van der Waals surface area contributed by atoms with Crippen molar-refractivity contribution in [3.8, 4) is 11.5 Å². The SMILES string of the molecule is CCOC(C)c1noc(-c2ccc(N)cc2F)n1. The molecule has 2 aromatic rings. The van der Waals surface area contributed by atoms with Crippen LogP contribution in [0.3, 0.4) is 0 Å². The van der Waals surface area contributed by atoms with Crippen molar-refractivity contribution < 1.29 is 13.7 Å². The Morgan fingerprint density at radius 2 is 2.28 bits per heavy atom. The van der Waals surface area contributed by atoms with Gasteiger partial charge in [-0.25, -0.2) is 4.39 Å². The Morgan fingerprint density at radius 3 is 2.94 bits per heavy atom. The summed E-state index contributed by atoms with van der Waals surface area (Å²) in [5.41, 5.74) is 6.05. The van der Waals surface area contributed by atoms with E-state index in [1.165, 1.54) is 12.1 Å². The number of benzene rings is 1. The topological polar surface area (TPSA) is 74.2 Å². The van der Waals surface area contributed by atoms with E-state index in [1.54, 1.807) is 13.0 Å². The fraction of sp³-hybridized carbons (Fsp3) is 0.333. The number of aromatic nitrogens is 2. The summed E-state index contributed by atoms with van der Waals surface area (Å²) in [4.78, 5) is 4.11. The molecule has 0 spiro atoms. The highest BCUT2D eigenvalue weighted by Gasteiger charge is 2.17. The first-order valence-corrected chi connectivity index (χ1v) is 5.62. The van der Waals surface area contributed by atoms with Crippen LogP contribution in [0.25, 0.3) is 11.5 Å². The maximum atomic E-state index is 13.7. The molecule has 0 amide bonds. The number of halogens is 1. The van der Waals surface area contributed by atoms with Gasteiger partial charge in [0.25, 0.3) is 5.89 Å². The number of anilines is 1. The average molecular weight is 251 g/mol. The molecule has 0 radical (unpaired) electrons. The Kier molecular flexibility index (Phi) is 3.57. The van der Waals surface area contributed by atoms with Crippen molar-refractivity contribution >= 4 is 5.69 Å². The van der Waals surface area contributed by atoms with E-state index in [2.05, 4.69) is 10.1 Å². The molecule has 1 aromatic heterocycles. The van der Waals surface area contributed by atoms with Gasteiger partial charge >= 0.3 is 0 Å². The third-order valence-electron chi connectivity index (χ3n) is 2.45. The third kappa shape index (κ3) is 2.48. The average Bonchev–Trinajstić information content (AvgIpc) is 2.78. The van der Waals surface area contributed by atoms with Crippen LogP contribution < -0.4 is 5.73 Å². The van der Waals surface area contributed by atoms with Gasteiger partial charge in [0.1, 0.15) is 11.9 Å². The summed E-state index contributed by atoms with van der Waals surface area (Å²) in [5, 5.41) is 3.77. The predicted molar refractivity (Wildman–Crippen MR) is 64.1 cm³/mol. The molecule has 5 nitrogen and oxygen atoms in total. The highest BCUT2D eigenvalue weighted by atomic mass is 19.1. The zero-order valence-corrected chi connectivity index (χ0v) is 10.2. The van der Waals surface area contributed by atoms with Crippen molar-refractivity contribution in [3.05, 3.63) is 29.8 Å². The van der Waals surface area contributed by atoms with Gasteiger partial charge in [0, 0.05) is 12.3 Å². The van der Waals surface area contributed by atoms with E-state index in [0.717, 1.165) is 0 Å². The summed E-state index contributed by atoms with van der Waals surface area (Å²) in [6, 6.07) is 4.30. The van der Waals surface area contributed by atoms with Gasteiger partial charge in [-0.3, -0.25) is 0 Å². The number of nitrogens with zero attached hydrogens (tertiary/aromatic N) is 2. The minimum atomic E-state index is -0.491. The zero-order chi connectivity index (χ0) is 13.1. The van der Waals surface area contributed by atoms with E-state index in [4.69, 9.17) is 15.0 Å². The van der Waals surface area contributed by atoms with Crippen LogP contribution in [0.4, 0.5) is 10.1 Å². The lowest BCUT2D eigenvalue weighted by Gasteiger charge is -2.04. The molecule has 0 aliphatic carbocycles. The highest BCUT2D eigenvalue weighted by molar-refractivity contribution is 5.58. The molecular weight excluding hydrogens is 237 g/mol. The molecule has 2 rings (SSSR count). The summed E-state index contributed by atoms with van der Waals surface area (Å²) < 4.78 is 24.0. The molecule has 1 unspecified atom stereocenters. The fourth-order valence-electron chi connectivity index (χ4n) is 1.54. The lowest BCUT2D eigenvalue weighted by atomic mass is 10.2. The van der Waals surface area contributed by atoms with Gasteiger partial charge in [-0.1, -0.05) is 5.16 Å². The standard InChI is InChI=1S/C12H14FN3O2/c1-3-17-7(2)11-15-12(18-16-11)9-5-4-8(14)6-10(9)13/h4-7H,3,14H2,1-2H3. The van der Waals surface area contributed by atoms with Crippen molar-refractivity contribution in [1.82, 2.24) is 10.1 Å². The normalized spacial score (nSPS) is 12.6. The molecule has 0 bridgehead atoms. The maximum absolute atomic E-state index is 13.7. The first-order chi connectivity index (χ1) is 8.61. The van der Waals surface area contributed by atoms with Crippen LogP contribution in [0, 0.1) is 5.82 Å². The summed E-state index contributed by atoms with van der Waals surface area (Å²) in [6.45, 7) is 4.22. The Hall–Kier alpha value is -1.95. The number of hydrogen-bond donors (Lipinski definition) is 1. The minimum Gasteiger partial charge on any atom is -0.399 e. The van der Waals surface area contributed by atoms with Gasteiger partial charge in [0.2, 0.25) is 5.82 Å². The molecule has 1 aromatic carbocycles. The Morgan fingerprint density at radius 1 is 1.50 bits per heavy atom. The molecule has 0 aliphatic rings. The summed E-state index contributed by atoms with van der Waals surface area (Å²) in [7, 11) is 0. The lowest BCUT2D eigenvalue weighted by molar-refractivity contribution is 0.0683. The van der Waals surface area contributed by atoms with E-state index < -0.39 is 5.82 Å². The van der Waals surface area contributed by atoms with Gasteiger partial charge in [-0.05, 0) is 32.0 Å². The molecule has 0 aliphatic heterocycles. The first kappa shape index (κ1) is 12.5. The number of nitrogens with two attached hydrogens (primary N) is 1.